The van der Waals surface area contributed by atoms with E-state index in [0.717, 1.165) is 24.4 Å². The quantitative estimate of drug-likeness (QED) is 0.853. The maximum Gasteiger partial charge on any atom is 0.120 e. The van der Waals surface area contributed by atoms with Crippen molar-refractivity contribution in [2.75, 3.05) is 13.2 Å². The average Bonchev–Trinajstić information content (AvgIpc) is 2.82. The van der Waals surface area contributed by atoms with Crippen molar-refractivity contribution in [1.29, 1.82) is 0 Å². The summed E-state index contributed by atoms with van der Waals surface area (Å²) in [6, 6.07) is 9.72. The van der Waals surface area contributed by atoms with Gasteiger partial charge in [-0.15, -0.1) is 0 Å². The van der Waals surface area contributed by atoms with Crippen molar-refractivity contribution in [2.45, 2.75) is 19.4 Å². The zero-order valence-electron chi connectivity index (χ0n) is 11.8. The van der Waals surface area contributed by atoms with Crippen LogP contribution in [0.2, 0.25) is 5.02 Å². The van der Waals surface area contributed by atoms with Gasteiger partial charge in [-0.3, -0.25) is 4.68 Å². The van der Waals surface area contributed by atoms with Gasteiger partial charge in [-0.05, 0) is 30.8 Å². The van der Waals surface area contributed by atoms with Crippen LogP contribution in [0.1, 0.15) is 12.6 Å². The number of nitrogens with zero attached hydrogens (tertiary/aromatic N) is 2. The van der Waals surface area contributed by atoms with Gasteiger partial charge in [-0.2, -0.15) is 5.10 Å². The molecule has 0 spiro atoms. The summed E-state index contributed by atoms with van der Waals surface area (Å²) in [6.07, 6.45) is 2.80. The zero-order valence-corrected chi connectivity index (χ0v) is 12.6. The Hall–Kier alpha value is -1.52. The minimum absolute atomic E-state index is 0.230. The molecular formula is C15H20ClN3O. The smallest absolute Gasteiger partial charge is 0.120 e. The maximum absolute atomic E-state index is 5.95. The molecule has 2 rings (SSSR count). The Bertz CT molecular complexity index is 541. The number of nitrogens with one attached hydrogen (secondary N) is 1. The topological polar surface area (TPSA) is 39.1 Å². The summed E-state index contributed by atoms with van der Waals surface area (Å²) < 4.78 is 7.61. The summed E-state index contributed by atoms with van der Waals surface area (Å²) in [5.74, 6) is 0.793. The molecule has 1 aromatic heterocycles. The van der Waals surface area contributed by atoms with Crippen molar-refractivity contribution in [3.05, 3.63) is 47.2 Å². The first-order chi connectivity index (χ1) is 9.67. The van der Waals surface area contributed by atoms with Gasteiger partial charge in [0.05, 0.1) is 5.69 Å². The minimum Gasteiger partial charge on any atom is -0.492 e. The first-order valence-electron chi connectivity index (χ1n) is 6.77. The summed E-state index contributed by atoms with van der Waals surface area (Å²) >= 11 is 5.95. The third-order valence-corrected chi connectivity index (χ3v) is 3.20. The van der Waals surface area contributed by atoms with Gasteiger partial charge in [-0.25, -0.2) is 0 Å². The lowest BCUT2D eigenvalue weighted by atomic mass is 10.1. The number of rotatable bonds is 7. The molecule has 1 N–H and O–H groups in total. The highest BCUT2D eigenvalue weighted by Crippen LogP contribution is 2.17. The van der Waals surface area contributed by atoms with Gasteiger partial charge in [0.2, 0.25) is 0 Å². The predicted octanol–water partition coefficient (Wildman–Crippen LogP) is 2.67. The van der Waals surface area contributed by atoms with Crippen LogP contribution in [-0.4, -0.2) is 29.0 Å². The van der Waals surface area contributed by atoms with Gasteiger partial charge in [0.25, 0.3) is 0 Å². The third-order valence-electron chi connectivity index (χ3n) is 2.96. The number of aromatic nitrogens is 2. The molecule has 0 aliphatic carbocycles. The Kier molecular flexibility index (Phi) is 5.44. The molecule has 1 unspecified atom stereocenters. The van der Waals surface area contributed by atoms with Crippen LogP contribution in [0.15, 0.2) is 36.5 Å². The van der Waals surface area contributed by atoms with Crippen LogP contribution >= 0.6 is 11.6 Å². The lowest BCUT2D eigenvalue weighted by Crippen LogP contribution is -2.36. The Labute approximate surface area is 124 Å². The van der Waals surface area contributed by atoms with Crippen molar-refractivity contribution >= 4 is 11.6 Å². The maximum atomic E-state index is 5.95. The highest BCUT2D eigenvalue weighted by Gasteiger charge is 2.11. The molecule has 0 aliphatic rings. The first kappa shape index (κ1) is 14.9. The number of hydrogen-bond acceptors (Lipinski definition) is 3. The molecule has 0 saturated carbocycles. The molecule has 0 radical (unpaired) electrons. The monoisotopic (exact) mass is 293 g/mol. The number of halogens is 1. The van der Waals surface area contributed by atoms with Gasteiger partial charge in [-0.1, -0.05) is 24.6 Å². The molecule has 5 heteroatoms. The lowest BCUT2D eigenvalue weighted by Gasteiger charge is -2.17. The second kappa shape index (κ2) is 7.31. The fourth-order valence-electron chi connectivity index (χ4n) is 2.06. The van der Waals surface area contributed by atoms with Crippen molar-refractivity contribution < 1.29 is 4.74 Å². The van der Waals surface area contributed by atoms with Crippen LogP contribution in [0, 0.1) is 0 Å². The Morgan fingerprint density at radius 1 is 1.40 bits per heavy atom. The standard InChI is InChI=1S/C15H20ClN3O/c1-3-17-14(10-13-7-8-19(2)18-13)11-20-15-6-4-5-12(16)9-15/h4-9,14,17H,3,10-11H2,1-2H3. The number of likely N-dealkylation sites (N-methyl/N-ethyl adjacent to an activating group) is 1. The van der Waals surface area contributed by atoms with Gasteiger partial charge in [0.1, 0.15) is 12.4 Å². The number of benzene rings is 1. The Morgan fingerprint density at radius 3 is 2.90 bits per heavy atom. The van der Waals surface area contributed by atoms with Gasteiger partial charge in [0, 0.05) is 30.7 Å². The van der Waals surface area contributed by atoms with Gasteiger partial charge < -0.3 is 10.1 Å². The lowest BCUT2D eigenvalue weighted by molar-refractivity contribution is 0.264. The molecule has 1 heterocycles. The molecule has 0 aliphatic heterocycles. The Balaban J connectivity index is 1.91. The summed E-state index contributed by atoms with van der Waals surface area (Å²) in [5, 5.41) is 8.51. The molecule has 0 fully saturated rings. The second-order valence-electron chi connectivity index (χ2n) is 4.71. The van der Waals surface area contributed by atoms with E-state index in [1.807, 2.05) is 48.3 Å². The minimum atomic E-state index is 0.230. The average molecular weight is 294 g/mol. The van der Waals surface area contributed by atoms with Crippen molar-refractivity contribution in [1.82, 2.24) is 15.1 Å². The summed E-state index contributed by atoms with van der Waals surface area (Å²) in [5.41, 5.74) is 1.06. The van der Waals surface area contributed by atoms with Crippen LogP contribution in [-0.2, 0) is 13.5 Å². The van der Waals surface area contributed by atoms with E-state index >= 15 is 0 Å². The predicted molar refractivity (Wildman–Crippen MR) is 81.3 cm³/mol. The van der Waals surface area contributed by atoms with Crippen molar-refractivity contribution in [3.63, 3.8) is 0 Å². The van der Waals surface area contributed by atoms with Gasteiger partial charge in [0.15, 0.2) is 0 Å². The van der Waals surface area contributed by atoms with Crippen LogP contribution in [0.5, 0.6) is 5.75 Å². The summed E-state index contributed by atoms with van der Waals surface area (Å²) in [4.78, 5) is 0. The molecule has 0 saturated heterocycles. The molecule has 0 bridgehead atoms. The highest BCUT2D eigenvalue weighted by molar-refractivity contribution is 6.30. The molecular weight excluding hydrogens is 274 g/mol. The van der Waals surface area contributed by atoms with E-state index in [1.54, 1.807) is 0 Å². The highest BCUT2D eigenvalue weighted by atomic mass is 35.5. The number of aryl methyl sites for hydroxylation is 1. The third kappa shape index (κ3) is 4.54. The molecule has 108 valence electrons. The summed E-state index contributed by atoms with van der Waals surface area (Å²) in [6.45, 7) is 3.58. The molecule has 1 aromatic carbocycles. The largest absolute Gasteiger partial charge is 0.492 e. The van der Waals surface area contributed by atoms with Gasteiger partial charge >= 0.3 is 0 Å². The van der Waals surface area contributed by atoms with E-state index in [2.05, 4.69) is 17.3 Å². The van der Waals surface area contributed by atoms with Crippen LogP contribution in [0.3, 0.4) is 0 Å². The fraction of sp³-hybridized carbons (Fsp3) is 0.400. The van der Waals surface area contributed by atoms with E-state index in [9.17, 15) is 0 Å². The normalized spacial score (nSPS) is 12.3. The van der Waals surface area contributed by atoms with E-state index in [1.165, 1.54) is 0 Å². The van der Waals surface area contributed by atoms with Crippen LogP contribution in [0.4, 0.5) is 0 Å². The molecule has 0 amide bonds. The van der Waals surface area contributed by atoms with Crippen LogP contribution in [0.25, 0.3) is 0 Å². The van der Waals surface area contributed by atoms with E-state index in [0.29, 0.717) is 11.6 Å². The second-order valence-corrected chi connectivity index (χ2v) is 5.14. The first-order valence-corrected chi connectivity index (χ1v) is 7.15. The molecule has 20 heavy (non-hydrogen) atoms. The van der Waals surface area contributed by atoms with Crippen molar-refractivity contribution in [2.24, 2.45) is 7.05 Å². The number of hydrogen-bond donors (Lipinski definition) is 1. The Morgan fingerprint density at radius 2 is 2.25 bits per heavy atom. The molecule has 4 nitrogen and oxygen atoms in total. The summed E-state index contributed by atoms with van der Waals surface area (Å²) in [7, 11) is 1.92. The molecule has 2 aromatic rings. The zero-order chi connectivity index (χ0) is 14.4. The van der Waals surface area contributed by atoms with E-state index < -0.39 is 0 Å². The fourth-order valence-corrected chi connectivity index (χ4v) is 2.24. The number of ether oxygens (including phenoxy) is 1. The van der Waals surface area contributed by atoms with E-state index in [-0.39, 0.29) is 6.04 Å². The van der Waals surface area contributed by atoms with Crippen LogP contribution < -0.4 is 10.1 Å². The molecule has 1 atom stereocenters. The SMILES string of the molecule is CCNC(COc1cccc(Cl)c1)Cc1ccn(C)n1. The van der Waals surface area contributed by atoms with Crippen molar-refractivity contribution in [3.8, 4) is 5.75 Å². The van der Waals surface area contributed by atoms with E-state index in [4.69, 9.17) is 16.3 Å².